The monoisotopic (exact) mass is 317 g/mol. The number of aromatic nitrogens is 1. The van der Waals surface area contributed by atoms with E-state index in [2.05, 4.69) is 4.98 Å². The van der Waals surface area contributed by atoms with E-state index in [1.807, 2.05) is 25.1 Å². The molecule has 0 spiro atoms. The molecule has 1 N–H and O–H groups in total. The quantitative estimate of drug-likeness (QED) is 0.708. The van der Waals surface area contributed by atoms with Gasteiger partial charge in [-0.25, -0.2) is 4.39 Å². The van der Waals surface area contributed by atoms with Crippen LogP contribution < -0.4 is 4.74 Å². The number of carbonyl (C=O) groups excluding carboxylic acids is 1. The van der Waals surface area contributed by atoms with Crippen molar-refractivity contribution in [2.75, 3.05) is 7.11 Å². The summed E-state index contributed by atoms with van der Waals surface area (Å²) in [5.74, 6) is 0.267. The van der Waals surface area contributed by atoms with Gasteiger partial charge in [0.15, 0.2) is 6.29 Å². The Hall–Kier alpha value is -2.33. The lowest BCUT2D eigenvalue weighted by molar-refractivity contribution is 0.112. The number of aldehydes is 1. The number of ether oxygens (including phenoxy) is 1. The van der Waals surface area contributed by atoms with Gasteiger partial charge in [0.25, 0.3) is 0 Å². The smallest absolute Gasteiger partial charge is 0.152 e. The number of benzene rings is 2. The van der Waals surface area contributed by atoms with Gasteiger partial charge in [-0.3, -0.25) is 4.79 Å². The first-order valence-electron chi connectivity index (χ1n) is 6.66. The number of methoxy groups -OCH3 is 1. The van der Waals surface area contributed by atoms with Crippen LogP contribution in [0, 0.1) is 12.7 Å². The van der Waals surface area contributed by atoms with Gasteiger partial charge in [-0.05, 0) is 48.4 Å². The molecule has 0 aliphatic carbocycles. The SMILES string of the molecule is COc1ccc(-c2[nH]c3c(F)cc(Cl)cc3c2C=O)cc1C. The second kappa shape index (κ2) is 5.46. The Kier molecular flexibility index (Phi) is 3.62. The van der Waals surface area contributed by atoms with Crippen LogP contribution in [0.5, 0.6) is 5.75 Å². The van der Waals surface area contributed by atoms with E-state index < -0.39 is 5.82 Å². The summed E-state index contributed by atoms with van der Waals surface area (Å²) >= 11 is 5.89. The maximum absolute atomic E-state index is 14.0. The summed E-state index contributed by atoms with van der Waals surface area (Å²) in [4.78, 5) is 14.5. The summed E-state index contributed by atoms with van der Waals surface area (Å²) in [6.07, 6.45) is 0.712. The highest BCUT2D eigenvalue weighted by Crippen LogP contribution is 2.34. The van der Waals surface area contributed by atoms with Crippen LogP contribution in [0.1, 0.15) is 15.9 Å². The zero-order chi connectivity index (χ0) is 15.9. The molecule has 0 saturated carbocycles. The molecule has 2 aromatic carbocycles. The first-order valence-corrected chi connectivity index (χ1v) is 7.04. The molecule has 0 amide bonds. The molecule has 0 aliphatic rings. The van der Waals surface area contributed by atoms with E-state index in [1.165, 1.54) is 6.07 Å². The topological polar surface area (TPSA) is 42.1 Å². The van der Waals surface area contributed by atoms with Crippen molar-refractivity contribution in [3.63, 3.8) is 0 Å². The lowest BCUT2D eigenvalue weighted by Crippen LogP contribution is -1.89. The van der Waals surface area contributed by atoms with Gasteiger partial charge in [-0.2, -0.15) is 0 Å². The summed E-state index contributed by atoms with van der Waals surface area (Å²) in [7, 11) is 1.60. The van der Waals surface area contributed by atoms with Gasteiger partial charge in [0.1, 0.15) is 11.6 Å². The van der Waals surface area contributed by atoms with Crippen LogP contribution in [0.3, 0.4) is 0 Å². The molecule has 1 aromatic heterocycles. The lowest BCUT2D eigenvalue weighted by Gasteiger charge is -2.07. The highest BCUT2D eigenvalue weighted by molar-refractivity contribution is 6.31. The summed E-state index contributed by atoms with van der Waals surface area (Å²) in [6.45, 7) is 1.91. The van der Waals surface area contributed by atoms with Crippen LogP contribution in [0.2, 0.25) is 5.02 Å². The van der Waals surface area contributed by atoms with Crippen LogP contribution in [-0.2, 0) is 0 Å². The summed E-state index contributed by atoms with van der Waals surface area (Å²) in [5, 5.41) is 0.730. The van der Waals surface area contributed by atoms with Crippen molar-refractivity contribution in [1.29, 1.82) is 0 Å². The average molecular weight is 318 g/mol. The van der Waals surface area contributed by atoms with Crippen molar-refractivity contribution in [2.24, 2.45) is 0 Å². The normalized spacial score (nSPS) is 10.9. The molecule has 0 radical (unpaired) electrons. The Morgan fingerprint density at radius 1 is 1.27 bits per heavy atom. The Bertz CT molecular complexity index is 886. The van der Waals surface area contributed by atoms with Gasteiger partial charge < -0.3 is 9.72 Å². The third kappa shape index (κ3) is 2.25. The van der Waals surface area contributed by atoms with Gasteiger partial charge in [-0.15, -0.1) is 0 Å². The number of rotatable bonds is 3. The van der Waals surface area contributed by atoms with E-state index in [0.29, 0.717) is 22.9 Å². The number of fused-ring (bicyclic) bond motifs is 1. The van der Waals surface area contributed by atoms with Crippen molar-refractivity contribution in [3.8, 4) is 17.0 Å². The number of hydrogen-bond acceptors (Lipinski definition) is 2. The molecule has 0 fully saturated rings. The van der Waals surface area contributed by atoms with E-state index in [1.54, 1.807) is 13.2 Å². The molecule has 112 valence electrons. The van der Waals surface area contributed by atoms with Crippen LogP contribution in [0.4, 0.5) is 4.39 Å². The van der Waals surface area contributed by atoms with E-state index in [9.17, 15) is 9.18 Å². The summed E-state index contributed by atoms with van der Waals surface area (Å²) in [6, 6.07) is 8.32. The van der Waals surface area contributed by atoms with Crippen molar-refractivity contribution < 1.29 is 13.9 Å². The number of nitrogens with one attached hydrogen (secondary N) is 1. The second-order valence-electron chi connectivity index (χ2n) is 5.03. The molecular formula is C17H13ClFNO2. The number of carbonyl (C=O) groups is 1. The maximum Gasteiger partial charge on any atom is 0.152 e. The van der Waals surface area contributed by atoms with Crippen LogP contribution in [0.25, 0.3) is 22.2 Å². The fraction of sp³-hybridized carbons (Fsp3) is 0.118. The molecule has 0 atom stereocenters. The highest BCUT2D eigenvalue weighted by atomic mass is 35.5. The third-order valence-electron chi connectivity index (χ3n) is 3.67. The highest BCUT2D eigenvalue weighted by Gasteiger charge is 2.16. The predicted molar refractivity (Wildman–Crippen MR) is 85.4 cm³/mol. The van der Waals surface area contributed by atoms with Gasteiger partial charge in [0.05, 0.1) is 18.3 Å². The third-order valence-corrected chi connectivity index (χ3v) is 3.88. The Morgan fingerprint density at radius 2 is 2.05 bits per heavy atom. The van der Waals surface area contributed by atoms with Gasteiger partial charge >= 0.3 is 0 Å². The molecule has 3 aromatic rings. The Labute approximate surface area is 131 Å². The molecule has 0 unspecified atom stereocenters. The molecule has 3 nitrogen and oxygen atoms in total. The average Bonchev–Trinajstić information content (AvgIpc) is 2.85. The van der Waals surface area contributed by atoms with E-state index in [4.69, 9.17) is 16.3 Å². The van der Waals surface area contributed by atoms with Crippen molar-refractivity contribution >= 4 is 28.8 Å². The van der Waals surface area contributed by atoms with Crippen LogP contribution in [0.15, 0.2) is 30.3 Å². The van der Waals surface area contributed by atoms with Gasteiger partial charge in [-0.1, -0.05) is 11.6 Å². The molecule has 3 rings (SSSR count). The number of aryl methyl sites for hydroxylation is 1. The first-order chi connectivity index (χ1) is 10.5. The zero-order valence-electron chi connectivity index (χ0n) is 12.0. The minimum Gasteiger partial charge on any atom is -0.496 e. The van der Waals surface area contributed by atoms with Gasteiger partial charge in [0, 0.05) is 16.0 Å². The van der Waals surface area contributed by atoms with Crippen molar-refractivity contribution in [2.45, 2.75) is 6.92 Å². The number of H-pyrrole nitrogens is 1. The Balaban J connectivity index is 2.29. The predicted octanol–water partition coefficient (Wildman–Crippen LogP) is 4.76. The van der Waals surface area contributed by atoms with Crippen LogP contribution in [-0.4, -0.2) is 18.4 Å². The number of aromatic amines is 1. The fourth-order valence-corrected chi connectivity index (χ4v) is 2.83. The fourth-order valence-electron chi connectivity index (χ4n) is 2.62. The number of halogens is 2. The van der Waals surface area contributed by atoms with Gasteiger partial charge in [0.2, 0.25) is 0 Å². The van der Waals surface area contributed by atoms with Crippen molar-refractivity contribution in [3.05, 3.63) is 52.3 Å². The molecule has 0 saturated heterocycles. The zero-order valence-corrected chi connectivity index (χ0v) is 12.8. The van der Waals surface area contributed by atoms with Crippen molar-refractivity contribution in [1.82, 2.24) is 4.98 Å². The Morgan fingerprint density at radius 3 is 2.68 bits per heavy atom. The molecular weight excluding hydrogens is 305 g/mol. The summed E-state index contributed by atoms with van der Waals surface area (Å²) < 4.78 is 19.3. The maximum atomic E-state index is 14.0. The standard InChI is InChI=1S/C17H13ClFNO2/c1-9-5-10(3-4-15(9)22-2)16-13(8-21)12-6-11(18)7-14(19)17(12)20-16/h3-8,20H,1-2H3. The number of hydrogen-bond donors (Lipinski definition) is 1. The minimum atomic E-state index is -0.484. The van der Waals surface area contributed by atoms with E-state index >= 15 is 0 Å². The second-order valence-corrected chi connectivity index (χ2v) is 5.46. The molecule has 0 aliphatic heterocycles. The molecule has 5 heteroatoms. The first kappa shape index (κ1) is 14.6. The minimum absolute atomic E-state index is 0.254. The van der Waals surface area contributed by atoms with E-state index in [-0.39, 0.29) is 10.5 Å². The molecule has 1 heterocycles. The lowest BCUT2D eigenvalue weighted by atomic mass is 10.0. The molecule has 22 heavy (non-hydrogen) atoms. The van der Waals surface area contributed by atoms with E-state index in [0.717, 1.165) is 16.9 Å². The van der Waals surface area contributed by atoms with Crippen LogP contribution >= 0.6 is 11.6 Å². The largest absolute Gasteiger partial charge is 0.496 e. The molecule has 0 bridgehead atoms. The summed E-state index contributed by atoms with van der Waals surface area (Å²) in [5.41, 5.74) is 2.94.